The van der Waals surface area contributed by atoms with Gasteiger partial charge in [0.2, 0.25) is 0 Å². The van der Waals surface area contributed by atoms with Crippen LogP contribution in [0.15, 0.2) is 0 Å². The number of likely N-dealkylation sites (tertiary alicyclic amines) is 1. The summed E-state index contributed by atoms with van der Waals surface area (Å²) in [6, 6.07) is 0.517. The van der Waals surface area contributed by atoms with Gasteiger partial charge >= 0.3 is 0 Å². The minimum atomic E-state index is 0.235. The summed E-state index contributed by atoms with van der Waals surface area (Å²) >= 11 is 0. The van der Waals surface area contributed by atoms with Crippen LogP contribution in [0.3, 0.4) is 0 Å². The highest BCUT2D eigenvalue weighted by Crippen LogP contribution is 2.22. The van der Waals surface area contributed by atoms with Gasteiger partial charge in [0.1, 0.15) is 0 Å². The van der Waals surface area contributed by atoms with E-state index in [-0.39, 0.29) is 13.2 Å². The van der Waals surface area contributed by atoms with Gasteiger partial charge in [-0.25, -0.2) is 0 Å². The zero-order chi connectivity index (χ0) is 14.3. The second-order valence-corrected chi connectivity index (χ2v) is 7.09. The first kappa shape index (κ1) is 16.9. The topological polar surface area (TPSA) is 55.7 Å². The predicted octanol–water partition coefficient (Wildman–Crippen LogP) is 1.08. The highest BCUT2D eigenvalue weighted by molar-refractivity contribution is 4.84. The first-order valence-corrected chi connectivity index (χ1v) is 7.62. The highest BCUT2D eigenvalue weighted by Gasteiger charge is 2.27. The van der Waals surface area contributed by atoms with Gasteiger partial charge in [0, 0.05) is 38.8 Å². The fourth-order valence-electron chi connectivity index (χ4n) is 2.81. The second-order valence-electron chi connectivity index (χ2n) is 7.09. The van der Waals surface area contributed by atoms with Crippen LogP contribution < -0.4 is 5.32 Å². The number of nitrogens with zero attached hydrogens (tertiary/aromatic N) is 1. The molecule has 19 heavy (non-hydrogen) atoms. The predicted molar refractivity (Wildman–Crippen MR) is 79.2 cm³/mol. The highest BCUT2D eigenvalue weighted by atomic mass is 16.3. The zero-order valence-corrected chi connectivity index (χ0v) is 12.9. The summed E-state index contributed by atoms with van der Waals surface area (Å²) < 4.78 is 0. The molecule has 0 aromatic rings. The van der Waals surface area contributed by atoms with Crippen molar-refractivity contribution in [3.05, 3.63) is 0 Å². The maximum absolute atomic E-state index is 9.12. The first-order chi connectivity index (χ1) is 8.94. The number of nitrogens with one attached hydrogen (secondary N) is 1. The number of β-amino-alcohol motifs (C(OH)–C–C–N with tert-alkyl or cyclic N) is 1. The van der Waals surface area contributed by atoms with E-state index in [0.29, 0.717) is 17.4 Å². The van der Waals surface area contributed by atoms with Crippen LogP contribution in [0.25, 0.3) is 0 Å². The largest absolute Gasteiger partial charge is 0.396 e. The van der Waals surface area contributed by atoms with E-state index in [1.165, 1.54) is 6.42 Å². The van der Waals surface area contributed by atoms with Gasteiger partial charge in [-0.15, -0.1) is 0 Å². The average molecular weight is 272 g/mol. The summed E-state index contributed by atoms with van der Waals surface area (Å²) in [7, 11) is 0. The third-order valence-electron chi connectivity index (χ3n) is 3.72. The van der Waals surface area contributed by atoms with Gasteiger partial charge in [0.15, 0.2) is 0 Å². The molecule has 0 bridgehead atoms. The van der Waals surface area contributed by atoms with E-state index < -0.39 is 0 Å². The number of aliphatic hydroxyl groups is 2. The molecule has 1 heterocycles. The Labute approximate surface area is 118 Å². The number of rotatable bonds is 7. The summed E-state index contributed by atoms with van der Waals surface area (Å²) in [6.07, 6.45) is 3.17. The minimum absolute atomic E-state index is 0.235. The molecule has 2 unspecified atom stereocenters. The van der Waals surface area contributed by atoms with E-state index in [1.807, 2.05) is 0 Å². The van der Waals surface area contributed by atoms with Crippen LogP contribution >= 0.6 is 0 Å². The van der Waals surface area contributed by atoms with E-state index in [0.717, 1.165) is 39.0 Å². The van der Waals surface area contributed by atoms with E-state index in [4.69, 9.17) is 10.2 Å². The molecule has 1 rings (SSSR count). The Morgan fingerprint density at radius 2 is 1.89 bits per heavy atom. The molecule has 0 spiro atoms. The number of hydrogen-bond acceptors (Lipinski definition) is 4. The molecule has 1 saturated heterocycles. The van der Waals surface area contributed by atoms with Crippen molar-refractivity contribution in [2.75, 3.05) is 39.4 Å². The fourth-order valence-corrected chi connectivity index (χ4v) is 2.81. The van der Waals surface area contributed by atoms with Gasteiger partial charge in [-0.05, 0) is 30.6 Å². The third kappa shape index (κ3) is 7.25. The van der Waals surface area contributed by atoms with Crippen LogP contribution in [-0.2, 0) is 0 Å². The molecule has 0 amide bonds. The van der Waals surface area contributed by atoms with Gasteiger partial charge < -0.3 is 15.5 Å². The van der Waals surface area contributed by atoms with Gasteiger partial charge in [0.05, 0.1) is 6.61 Å². The van der Waals surface area contributed by atoms with Crippen molar-refractivity contribution < 1.29 is 10.2 Å². The van der Waals surface area contributed by atoms with Crippen molar-refractivity contribution in [3.8, 4) is 0 Å². The van der Waals surface area contributed by atoms with Crippen molar-refractivity contribution >= 4 is 0 Å². The van der Waals surface area contributed by atoms with Crippen molar-refractivity contribution in [1.29, 1.82) is 0 Å². The van der Waals surface area contributed by atoms with E-state index in [9.17, 15) is 0 Å². The van der Waals surface area contributed by atoms with Crippen LogP contribution in [-0.4, -0.2) is 60.5 Å². The van der Waals surface area contributed by atoms with E-state index >= 15 is 0 Å². The van der Waals surface area contributed by atoms with Crippen LogP contribution in [0, 0.1) is 11.3 Å². The SMILES string of the molecule is CC(C)(C)CNC1CC(CCCO)CN(CCO)C1. The minimum Gasteiger partial charge on any atom is -0.396 e. The lowest BCUT2D eigenvalue weighted by Crippen LogP contribution is -2.51. The van der Waals surface area contributed by atoms with Crippen molar-refractivity contribution in [2.24, 2.45) is 11.3 Å². The second kappa shape index (κ2) is 8.20. The van der Waals surface area contributed by atoms with Gasteiger partial charge in [-0.1, -0.05) is 20.8 Å². The molecule has 0 saturated carbocycles. The number of piperidine rings is 1. The maximum atomic E-state index is 9.12. The lowest BCUT2D eigenvalue weighted by molar-refractivity contribution is 0.105. The molecule has 1 aliphatic heterocycles. The Morgan fingerprint density at radius 1 is 1.16 bits per heavy atom. The Bertz CT molecular complexity index is 241. The maximum Gasteiger partial charge on any atom is 0.0558 e. The summed E-state index contributed by atoms with van der Waals surface area (Å²) in [5, 5.41) is 21.8. The van der Waals surface area contributed by atoms with Crippen LogP contribution in [0.5, 0.6) is 0 Å². The molecule has 2 atom stereocenters. The lowest BCUT2D eigenvalue weighted by Gasteiger charge is -2.39. The van der Waals surface area contributed by atoms with Crippen LogP contribution in [0.4, 0.5) is 0 Å². The Morgan fingerprint density at radius 3 is 2.47 bits per heavy atom. The summed E-state index contributed by atoms with van der Waals surface area (Å²) in [4.78, 5) is 2.35. The van der Waals surface area contributed by atoms with Crippen molar-refractivity contribution in [1.82, 2.24) is 10.2 Å². The van der Waals surface area contributed by atoms with Crippen LogP contribution in [0.2, 0.25) is 0 Å². The molecule has 1 fully saturated rings. The average Bonchev–Trinajstić information content (AvgIpc) is 2.33. The molecule has 0 aromatic heterocycles. The fraction of sp³-hybridized carbons (Fsp3) is 1.00. The van der Waals surface area contributed by atoms with Gasteiger partial charge in [0.25, 0.3) is 0 Å². The van der Waals surface area contributed by atoms with E-state index in [2.05, 4.69) is 31.0 Å². The smallest absolute Gasteiger partial charge is 0.0558 e. The van der Waals surface area contributed by atoms with E-state index in [1.54, 1.807) is 0 Å². The molecule has 1 aliphatic rings. The van der Waals surface area contributed by atoms with Crippen molar-refractivity contribution in [3.63, 3.8) is 0 Å². The van der Waals surface area contributed by atoms with Crippen LogP contribution in [0.1, 0.15) is 40.0 Å². The van der Waals surface area contributed by atoms with Crippen molar-refractivity contribution in [2.45, 2.75) is 46.1 Å². The monoisotopic (exact) mass is 272 g/mol. The molecular weight excluding hydrogens is 240 g/mol. The lowest BCUT2D eigenvalue weighted by atomic mass is 9.89. The summed E-state index contributed by atoms with van der Waals surface area (Å²) in [6.45, 7) is 11.2. The quantitative estimate of drug-likeness (QED) is 0.649. The molecule has 0 radical (unpaired) electrons. The molecule has 3 N–H and O–H groups in total. The molecular formula is C15H32N2O2. The summed E-state index contributed by atoms with van der Waals surface area (Å²) in [5.74, 6) is 0.643. The Kier molecular flexibility index (Phi) is 7.29. The molecule has 0 aromatic carbocycles. The van der Waals surface area contributed by atoms with Gasteiger partial charge in [-0.2, -0.15) is 0 Å². The standard InChI is InChI=1S/C15H32N2O2/c1-15(2,3)12-16-14-9-13(5-4-7-18)10-17(11-14)6-8-19/h13-14,16,18-19H,4-12H2,1-3H3. The first-order valence-electron chi connectivity index (χ1n) is 7.62. The number of aliphatic hydroxyl groups excluding tert-OH is 2. The van der Waals surface area contributed by atoms with Gasteiger partial charge in [-0.3, -0.25) is 4.90 Å². The number of hydrogen-bond donors (Lipinski definition) is 3. The molecule has 114 valence electrons. The third-order valence-corrected chi connectivity index (χ3v) is 3.72. The Hall–Kier alpha value is -0.160. The molecule has 0 aliphatic carbocycles. The molecule has 4 heteroatoms. The Balaban J connectivity index is 2.44. The summed E-state index contributed by atoms with van der Waals surface area (Å²) in [5.41, 5.74) is 0.305. The normalized spacial score (nSPS) is 25.7. The molecule has 4 nitrogen and oxygen atoms in total. The zero-order valence-electron chi connectivity index (χ0n) is 12.9.